The Labute approximate surface area is 152 Å². The van der Waals surface area contributed by atoms with E-state index in [0.717, 1.165) is 10.5 Å². The van der Waals surface area contributed by atoms with E-state index in [2.05, 4.69) is 5.32 Å². The van der Waals surface area contributed by atoms with Crippen LogP contribution in [0.2, 0.25) is 0 Å². The number of nitrogens with one attached hydrogen (secondary N) is 1. The third-order valence-electron chi connectivity index (χ3n) is 4.66. The summed E-state index contributed by atoms with van der Waals surface area (Å²) in [4.78, 5) is 39.5. The Balaban J connectivity index is 1.68. The van der Waals surface area contributed by atoms with Crippen LogP contribution in [0.5, 0.6) is 0 Å². The van der Waals surface area contributed by atoms with Gasteiger partial charge in [-0.15, -0.1) is 0 Å². The molecule has 8 nitrogen and oxygen atoms in total. The minimum Gasteiger partial charge on any atom is -0.351 e. The highest BCUT2D eigenvalue weighted by Gasteiger charge is 2.44. The van der Waals surface area contributed by atoms with Crippen LogP contribution in [-0.4, -0.2) is 61.3 Å². The fourth-order valence-corrected chi connectivity index (χ4v) is 4.91. The number of urea groups is 1. The van der Waals surface area contributed by atoms with Gasteiger partial charge in [0.1, 0.15) is 12.6 Å². The number of rotatable bonds is 4. The average molecular weight is 379 g/mol. The zero-order valence-electron chi connectivity index (χ0n) is 14.6. The van der Waals surface area contributed by atoms with Crippen LogP contribution in [0, 0.1) is 6.92 Å². The van der Waals surface area contributed by atoms with Crippen LogP contribution in [0.1, 0.15) is 18.9 Å². The molecule has 2 aliphatic heterocycles. The second-order valence-electron chi connectivity index (χ2n) is 6.76. The van der Waals surface area contributed by atoms with Crippen LogP contribution < -0.4 is 10.2 Å². The minimum absolute atomic E-state index is 0.0394. The molecule has 2 heterocycles. The molecule has 2 aliphatic rings. The Kier molecular flexibility index (Phi) is 4.74. The van der Waals surface area contributed by atoms with Crippen molar-refractivity contribution >= 4 is 33.4 Å². The van der Waals surface area contributed by atoms with E-state index in [9.17, 15) is 22.8 Å². The van der Waals surface area contributed by atoms with E-state index in [4.69, 9.17) is 0 Å². The molecule has 2 saturated heterocycles. The van der Waals surface area contributed by atoms with Crippen LogP contribution >= 0.6 is 0 Å². The number of carbonyl (C=O) groups excluding carboxylic acids is 3. The molecule has 9 heteroatoms. The predicted molar refractivity (Wildman–Crippen MR) is 95.4 cm³/mol. The summed E-state index contributed by atoms with van der Waals surface area (Å²) in [5, 5.41) is 2.60. The van der Waals surface area contributed by atoms with Crippen LogP contribution in [-0.2, 0) is 19.4 Å². The zero-order chi connectivity index (χ0) is 19.1. The molecule has 1 N–H and O–H groups in total. The minimum atomic E-state index is -3.12. The molecule has 0 spiro atoms. The Morgan fingerprint density at radius 1 is 1.23 bits per heavy atom. The van der Waals surface area contributed by atoms with Gasteiger partial charge in [0, 0.05) is 11.7 Å². The number of sulfone groups is 1. The van der Waals surface area contributed by atoms with Crippen molar-refractivity contribution in [3.05, 3.63) is 29.8 Å². The average Bonchev–Trinajstić information content (AvgIpc) is 3.00. The molecule has 0 saturated carbocycles. The van der Waals surface area contributed by atoms with Crippen molar-refractivity contribution in [2.45, 2.75) is 32.4 Å². The molecule has 0 radical (unpaired) electrons. The Bertz CT molecular complexity index is 850. The fraction of sp³-hybridized carbons (Fsp3) is 0.471. The van der Waals surface area contributed by atoms with Crippen LogP contribution in [0.4, 0.5) is 10.5 Å². The fourth-order valence-electron chi connectivity index (χ4n) is 3.24. The smallest absolute Gasteiger partial charge is 0.332 e. The first-order chi connectivity index (χ1) is 12.2. The summed E-state index contributed by atoms with van der Waals surface area (Å²) < 4.78 is 22.9. The van der Waals surface area contributed by atoms with E-state index < -0.39 is 46.3 Å². The first kappa shape index (κ1) is 18.4. The highest BCUT2D eigenvalue weighted by molar-refractivity contribution is 7.91. The SMILES string of the molecule is Cc1ccc(N2C(=O)N(CC(=O)NC3CCS(=O)(=O)C3)C(=O)C2C)cc1. The third-order valence-corrected chi connectivity index (χ3v) is 6.43. The molecule has 2 atom stereocenters. The molecule has 140 valence electrons. The number of imide groups is 1. The molecule has 1 aromatic carbocycles. The molecule has 2 fully saturated rings. The largest absolute Gasteiger partial charge is 0.351 e. The van der Waals surface area contributed by atoms with Gasteiger partial charge in [-0.2, -0.15) is 0 Å². The van der Waals surface area contributed by atoms with Gasteiger partial charge in [0.15, 0.2) is 9.84 Å². The number of amides is 4. The summed E-state index contributed by atoms with van der Waals surface area (Å²) in [6.45, 7) is 3.12. The van der Waals surface area contributed by atoms with Gasteiger partial charge >= 0.3 is 6.03 Å². The number of anilines is 1. The van der Waals surface area contributed by atoms with E-state index in [1.807, 2.05) is 19.1 Å². The van der Waals surface area contributed by atoms with E-state index in [-0.39, 0.29) is 11.5 Å². The zero-order valence-corrected chi connectivity index (χ0v) is 15.5. The second-order valence-corrected chi connectivity index (χ2v) is 8.98. The van der Waals surface area contributed by atoms with Crippen LogP contribution in [0.25, 0.3) is 0 Å². The molecule has 0 aliphatic carbocycles. The monoisotopic (exact) mass is 379 g/mol. The van der Waals surface area contributed by atoms with E-state index in [1.165, 1.54) is 4.90 Å². The number of carbonyl (C=O) groups is 3. The van der Waals surface area contributed by atoms with Gasteiger partial charge in [0.2, 0.25) is 5.91 Å². The first-order valence-corrected chi connectivity index (χ1v) is 10.2. The topological polar surface area (TPSA) is 104 Å². The van der Waals surface area contributed by atoms with Crippen molar-refractivity contribution in [2.75, 3.05) is 23.0 Å². The maximum Gasteiger partial charge on any atom is 0.332 e. The number of benzene rings is 1. The van der Waals surface area contributed by atoms with Gasteiger partial charge in [0.05, 0.1) is 11.5 Å². The second kappa shape index (κ2) is 6.71. The van der Waals surface area contributed by atoms with Gasteiger partial charge in [-0.25, -0.2) is 13.2 Å². The lowest BCUT2D eigenvalue weighted by Crippen LogP contribution is -2.45. The molecular weight excluding hydrogens is 358 g/mol. The van der Waals surface area contributed by atoms with Gasteiger partial charge in [-0.05, 0) is 32.4 Å². The van der Waals surface area contributed by atoms with Crippen LogP contribution in [0.3, 0.4) is 0 Å². The van der Waals surface area contributed by atoms with Crippen molar-refractivity contribution in [3.8, 4) is 0 Å². The van der Waals surface area contributed by atoms with Crippen LogP contribution in [0.15, 0.2) is 24.3 Å². The molecule has 0 aromatic heterocycles. The Morgan fingerprint density at radius 2 is 1.88 bits per heavy atom. The summed E-state index contributed by atoms with van der Waals surface area (Å²) >= 11 is 0. The van der Waals surface area contributed by atoms with Crippen molar-refractivity contribution in [3.63, 3.8) is 0 Å². The van der Waals surface area contributed by atoms with E-state index >= 15 is 0 Å². The highest BCUT2D eigenvalue weighted by Crippen LogP contribution is 2.26. The van der Waals surface area contributed by atoms with E-state index in [1.54, 1.807) is 19.1 Å². The summed E-state index contributed by atoms with van der Waals surface area (Å²) in [6, 6.07) is 5.47. The molecule has 1 aromatic rings. The summed E-state index contributed by atoms with van der Waals surface area (Å²) in [7, 11) is -3.12. The maximum absolute atomic E-state index is 12.6. The van der Waals surface area contributed by atoms with Crippen molar-refractivity contribution in [2.24, 2.45) is 0 Å². The molecule has 4 amide bonds. The van der Waals surface area contributed by atoms with Crippen molar-refractivity contribution in [1.29, 1.82) is 0 Å². The molecule has 26 heavy (non-hydrogen) atoms. The highest BCUT2D eigenvalue weighted by atomic mass is 32.2. The molecule has 3 rings (SSSR count). The predicted octanol–water partition coefficient (Wildman–Crippen LogP) is 0.455. The first-order valence-electron chi connectivity index (χ1n) is 8.39. The standard InChI is InChI=1S/C17H21N3O5S/c1-11-3-5-14(6-4-11)20-12(2)16(22)19(17(20)23)9-15(21)18-13-7-8-26(24,25)10-13/h3-6,12-13H,7-10H2,1-2H3,(H,18,21). The van der Waals surface area contributed by atoms with Gasteiger partial charge in [-0.1, -0.05) is 17.7 Å². The third kappa shape index (κ3) is 3.57. The normalized spacial score (nSPS) is 25.0. The summed E-state index contributed by atoms with van der Waals surface area (Å²) in [5.74, 6) is -1.05. The number of hydrogen-bond donors (Lipinski definition) is 1. The maximum atomic E-state index is 12.6. The molecule has 0 bridgehead atoms. The molecular formula is C17H21N3O5S. The lowest BCUT2D eigenvalue weighted by atomic mass is 10.2. The van der Waals surface area contributed by atoms with Crippen molar-refractivity contribution in [1.82, 2.24) is 10.2 Å². The molecule has 2 unspecified atom stereocenters. The Hall–Kier alpha value is -2.42. The van der Waals surface area contributed by atoms with Crippen molar-refractivity contribution < 1.29 is 22.8 Å². The van der Waals surface area contributed by atoms with Gasteiger partial charge in [0.25, 0.3) is 5.91 Å². The number of hydrogen-bond acceptors (Lipinski definition) is 5. The van der Waals surface area contributed by atoms with Gasteiger partial charge in [-0.3, -0.25) is 19.4 Å². The Morgan fingerprint density at radius 3 is 2.46 bits per heavy atom. The summed E-state index contributed by atoms with van der Waals surface area (Å²) in [5.41, 5.74) is 1.62. The lowest BCUT2D eigenvalue weighted by molar-refractivity contribution is -0.132. The lowest BCUT2D eigenvalue weighted by Gasteiger charge is -2.19. The summed E-state index contributed by atoms with van der Waals surface area (Å²) in [6.07, 6.45) is 0.349. The van der Waals surface area contributed by atoms with Gasteiger partial charge < -0.3 is 5.32 Å². The quantitative estimate of drug-likeness (QED) is 0.765. The number of nitrogens with zero attached hydrogens (tertiary/aromatic N) is 2. The van der Waals surface area contributed by atoms with E-state index in [0.29, 0.717) is 12.1 Å². The number of aryl methyl sites for hydroxylation is 1.